The van der Waals surface area contributed by atoms with Gasteiger partial charge in [-0.2, -0.15) is 0 Å². The van der Waals surface area contributed by atoms with Crippen LogP contribution in [0.5, 0.6) is 11.5 Å². The van der Waals surface area contributed by atoms with Crippen molar-refractivity contribution in [3.8, 4) is 11.5 Å². The molecule has 2 aromatic carbocycles. The van der Waals surface area contributed by atoms with Crippen LogP contribution in [0.1, 0.15) is 28.6 Å². The lowest BCUT2D eigenvalue weighted by atomic mass is 9.96. The fraction of sp³-hybridized carbons (Fsp3) is 0.138. The molecule has 1 fully saturated rings. The zero-order valence-corrected chi connectivity index (χ0v) is 25.6. The number of halogens is 2. The first-order chi connectivity index (χ1) is 20.7. The lowest BCUT2D eigenvalue weighted by Crippen LogP contribution is -2.29. The summed E-state index contributed by atoms with van der Waals surface area (Å²) in [5, 5.41) is 31.6. The molecule has 0 bridgehead atoms. The van der Waals surface area contributed by atoms with E-state index in [2.05, 4.69) is 15.2 Å². The number of Topliss-reactive ketones (excluding diaryl/α,β-unsaturated/α-hetero) is 1. The summed E-state index contributed by atoms with van der Waals surface area (Å²) < 4.78 is 7.48. The maximum absolute atomic E-state index is 13.7. The van der Waals surface area contributed by atoms with E-state index in [1.165, 1.54) is 35.9 Å². The molecule has 0 aliphatic carbocycles. The summed E-state index contributed by atoms with van der Waals surface area (Å²) in [5.41, 5.74) is 2.38. The molecule has 0 radical (unpaired) electrons. The summed E-state index contributed by atoms with van der Waals surface area (Å²) in [6.07, 6.45) is 1.71. The van der Waals surface area contributed by atoms with Crippen molar-refractivity contribution in [2.24, 2.45) is 0 Å². The molecule has 6 rings (SSSR count). The van der Waals surface area contributed by atoms with Crippen molar-refractivity contribution in [1.82, 2.24) is 19.6 Å². The minimum Gasteiger partial charge on any atom is -0.505 e. The van der Waals surface area contributed by atoms with Gasteiger partial charge in [0.15, 0.2) is 21.6 Å². The van der Waals surface area contributed by atoms with E-state index in [9.17, 15) is 19.8 Å². The van der Waals surface area contributed by atoms with Crippen LogP contribution in [0.2, 0.25) is 10.0 Å². The molecule has 1 unspecified atom stereocenters. The normalized spacial score (nSPS) is 16.4. The number of aryl methyl sites for hydroxylation is 1. The number of amides is 1. The zero-order chi connectivity index (χ0) is 30.4. The minimum atomic E-state index is -1.11. The number of phenols is 1. The first-order valence-electron chi connectivity index (χ1n) is 12.7. The highest BCUT2D eigenvalue weighted by atomic mass is 35.5. The molecular formula is C29H21Cl2N5O5S2. The molecule has 5 aromatic rings. The number of hydrogen-bond acceptors (Lipinski definition) is 10. The first-order valence-corrected chi connectivity index (χ1v) is 15.3. The molecule has 4 heterocycles. The number of ketones is 1. The lowest BCUT2D eigenvalue weighted by molar-refractivity contribution is -0.132. The quantitative estimate of drug-likeness (QED) is 0.0670. The highest BCUT2D eigenvalue weighted by Crippen LogP contribution is 2.46. The van der Waals surface area contributed by atoms with Gasteiger partial charge in [0, 0.05) is 22.0 Å². The van der Waals surface area contributed by atoms with Gasteiger partial charge in [0.2, 0.25) is 5.13 Å². The Labute approximate surface area is 263 Å². The van der Waals surface area contributed by atoms with E-state index in [4.69, 9.17) is 27.9 Å². The smallest absolute Gasteiger partial charge is 0.301 e. The second-order valence-electron chi connectivity index (χ2n) is 9.45. The van der Waals surface area contributed by atoms with Crippen LogP contribution in [0.15, 0.2) is 70.7 Å². The molecule has 1 atom stereocenters. The number of aromatic nitrogens is 4. The Morgan fingerprint density at radius 1 is 1.12 bits per heavy atom. The standard InChI is InChI=1S/C29H21Cl2N5O5S2/c1-14-23(35-10-4-3-5-21(35)32-14)25(38)22-24(15-7-9-19(37)20(11-15)41-2)36(27(40)26(22)39)28-33-34-29(43-28)42-13-16-6-8-17(30)12-18(16)31/h3-12,24,37-38H,13H2,1-2H3. The van der Waals surface area contributed by atoms with Gasteiger partial charge in [-0.3, -0.25) is 18.9 Å². The molecule has 3 aromatic heterocycles. The number of benzene rings is 2. The van der Waals surface area contributed by atoms with E-state index >= 15 is 0 Å². The molecule has 1 saturated heterocycles. The van der Waals surface area contributed by atoms with E-state index in [-0.39, 0.29) is 27.9 Å². The van der Waals surface area contributed by atoms with E-state index < -0.39 is 23.5 Å². The number of ether oxygens (including phenoxy) is 1. The van der Waals surface area contributed by atoms with Crippen LogP contribution < -0.4 is 9.64 Å². The largest absolute Gasteiger partial charge is 0.505 e. The number of carbonyl (C=O) groups excluding carboxylic acids is 2. The predicted molar refractivity (Wildman–Crippen MR) is 165 cm³/mol. The fourth-order valence-electron chi connectivity index (χ4n) is 4.87. The van der Waals surface area contributed by atoms with Gasteiger partial charge in [-0.05, 0) is 54.4 Å². The summed E-state index contributed by atoms with van der Waals surface area (Å²) in [6, 6.07) is 13.9. The summed E-state index contributed by atoms with van der Waals surface area (Å²) in [4.78, 5) is 33.0. The minimum absolute atomic E-state index is 0.127. The number of nitrogens with zero attached hydrogens (tertiary/aromatic N) is 5. The zero-order valence-electron chi connectivity index (χ0n) is 22.5. The molecular weight excluding hydrogens is 633 g/mol. The lowest BCUT2D eigenvalue weighted by Gasteiger charge is -2.23. The predicted octanol–water partition coefficient (Wildman–Crippen LogP) is 6.43. The van der Waals surface area contributed by atoms with Crippen LogP contribution >= 0.6 is 46.3 Å². The first kappa shape index (κ1) is 29.0. The average molecular weight is 655 g/mol. The maximum atomic E-state index is 13.7. The van der Waals surface area contributed by atoms with Gasteiger partial charge < -0.3 is 14.9 Å². The summed E-state index contributed by atoms with van der Waals surface area (Å²) >= 11 is 14.8. The molecule has 1 aliphatic heterocycles. The topological polar surface area (TPSA) is 130 Å². The highest BCUT2D eigenvalue weighted by molar-refractivity contribution is 8.00. The van der Waals surface area contributed by atoms with Gasteiger partial charge in [0.1, 0.15) is 11.3 Å². The third-order valence-corrected chi connectivity index (χ3v) is 9.55. The molecule has 0 saturated carbocycles. The molecule has 10 nitrogen and oxygen atoms in total. The Bertz CT molecular complexity index is 1960. The molecule has 2 N–H and O–H groups in total. The number of phenolic OH excluding ortho intramolecular Hbond substituents is 1. The van der Waals surface area contributed by atoms with E-state index in [0.29, 0.717) is 37.0 Å². The number of methoxy groups -OCH3 is 1. The van der Waals surface area contributed by atoms with Gasteiger partial charge in [-0.25, -0.2) is 4.98 Å². The van der Waals surface area contributed by atoms with Crippen LogP contribution in [-0.4, -0.2) is 48.6 Å². The number of aliphatic hydroxyl groups is 1. The number of imidazole rings is 1. The second-order valence-corrected chi connectivity index (χ2v) is 12.5. The number of rotatable bonds is 7. The van der Waals surface area contributed by atoms with Crippen LogP contribution in [0, 0.1) is 6.92 Å². The highest BCUT2D eigenvalue weighted by Gasteiger charge is 2.49. The molecule has 0 spiro atoms. The van der Waals surface area contributed by atoms with Crippen molar-refractivity contribution in [2.75, 3.05) is 12.0 Å². The Morgan fingerprint density at radius 3 is 2.70 bits per heavy atom. The van der Waals surface area contributed by atoms with Crippen molar-refractivity contribution < 1.29 is 24.5 Å². The third kappa shape index (κ3) is 5.20. The number of carbonyl (C=O) groups is 2. The Kier molecular flexibility index (Phi) is 7.77. The number of pyridine rings is 1. The van der Waals surface area contributed by atoms with Crippen molar-refractivity contribution in [2.45, 2.75) is 23.1 Å². The van der Waals surface area contributed by atoms with Gasteiger partial charge in [0.05, 0.1) is 24.4 Å². The number of aromatic hydroxyl groups is 1. The molecule has 1 amide bonds. The average Bonchev–Trinajstić information content (AvgIpc) is 3.66. The number of thioether (sulfide) groups is 1. The van der Waals surface area contributed by atoms with Crippen molar-refractivity contribution in [1.29, 1.82) is 0 Å². The van der Waals surface area contributed by atoms with Crippen LogP contribution in [-0.2, 0) is 15.3 Å². The molecule has 218 valence electrons. The monoisotopic (exact) mass is 653 g/mol. The Hall–Kier alpha value is -4.10. The van der Waals surface area contributed by atoms with Crippen LogP contribution in [0.25, 0.3) is 11.4 Å². The van der Waals surface area contributed by atoms with Crippen molar-refractivity contribution >= 4 is 74.5 Å². The number of hydrogen-bond donors (Lipinski definition) is 2. The van der Waals surface area contributed by atoms with Crippen molar-refractivity contribution in [3.05, 3.63) is 98.9 Å². The summed E-state index contributed by atoms with van der Waals surface area (Å²) in [7, 11) is 1.39. The molecule has 43 heavy (non-hydrogen) atoms. The van der Waals surface area contributed by atoms with E-state index in [0.717, 1.165) is 16.9 Å². The van der Waals surface area contributed by atoms with Crippen molar-refractivity contribution in [3.63, 3.8) is 0 Å². The Morgan fingerprint density at radius 2 is 1.93 bits per heavy atom. The third-order valence-electron chi connectivity index (χ3n) is 6.86. The van der Waals surface area contributed by atoms with Crippen LogP contribution in [0.3, 0.4) is 0 Å². The SMILES string of the molecule is COc1cc(C2C(=C(O)c3c(C)nc4ccccn34)C(=O)C(=O)N2c2nnc(SCc3ccc(Cl)cc3Cl)s2)ccc1O. The number of fused-ring (bicyclic) bond motifs is 1. The maximum Gasteiger partial charge on any atom is 0.301 e. The number of anilines is 1. The number of aliphatic hydroxyl groups excluding tert-OH is 1. The molecule has 1 aliphatic rings. The van der Waals surface area contributed by atoms with Gasteiger partial charge in [-0.15, -0.1) is 10.2 Å². The van der Waals surface area contributed by atoms with E-state index in [1.807, 2.05) is 6.07 Å². The second kappa shape index (κ2) is 11.5. The van der Waals surface area contributed by atoms with E-state index in [1.54, 1.807) is 53.9 Å². The van der Waals surface area contributed by atoms with Gasteiger partial charge in [0.25, 0.3) is 5.78 Å². The van der Waals surface area contributed by atoms with Gasteiger partial charge >= 0.3 is 5.91 Å². The summed E-state index contributed by atoms with van der Waals surface area (Å²) in [6.45, 7) is 1.71. The van der Waals surface area contributed by atoms with Crippen LogP contribution in [0.4, 0.5) is 5.13 Å². The fourth-order valence-corrected chi connectivity index (χ4v) is 7.30. The Balaban J connectivity index is 1.45. The molecule has 14 heteroatoms. The summed E-state index contributed by atoms with van der Waals surface area (Å²) in [5.74, 6) is -1.73. The van der Waals surface area contributed by atoms with Gasteiger partial charge in [-0.1, -0.05) is 64.5 Å².